The van der Waals surface area contributed by atoms with Crippen LogP contribution in [0.3, 0.4) is 0 Å². The van der Waals surface area contributed by atoms with E-state index in [9.17, 15) is 10.1 Å². The first kappa shape index (κ1) is 10.6. The maximum Gasteiger partial charge on any atom is 0.271 e. The lowest BCUT2D eigenvalue weighted by atomic mass is 9.85. The van der Waals surface area contributed by atoms with Crippen molar-refractivity contribution in [3.05, 3.63) is 33.9 Å². The van der Waals surface area contributed by atoms with E-state index in [0.717, 1.165) is 25.1 Å². The zero-order valence-corrected chi connectivity index (χ0v) is 9.98. The van der Waals surface area contributed by atoms with Gasteiger partial charge in [0.1, 0.15) is 0 Å². The number of hydrogen-bond acceptors (Lipinski definition) is 3. The average Bonchev–Trinajstić information content (AvgIpc) is 2.70. The fourth-order valence-electron chi connectivity index (χ4n) is 3.23. The molecule has 4 heteroatoms. The van der Waals surface area contributed by atoms with Gasteiger partial charge in [-0.2, -0.15) is 0 Å². The van der Waals surface area contributed by atoms with Crippen LogP contribution >= 0.6 is 0 Å². The predicted octanol–water partition coefficient (Wildman–Crippen LogP) is 2.90. The summed E-state index contributed by atoms with van der Waals surface area (Å²) in [5.74, 6) is 0. The maximum absolute atomic E-state index is 10.8. The number of nitro groups is 1. The molecule has 0 aromatic heterocycles. The SMILES string of the molecule is CC12CCCN1c1cc([N+](=O)[O-])ccc1CC2. The number of rotatable bonds is 1. The van der Waals surface area contributed by atoms with E-state index < -0.39 is 0 Å². The lowest BCUT2D eigenvalue weighted by molar-refractivity contribution is -0.384. The monoisotopic (exact) mass is 232 g/mol. The summed E-state index contributed by atoms with van der Waals surface area (Å²) >= 11 is 0. The highest BCUT2D eigenvalue weighted by Crippen LogP contribution is 2.44. The van der Waals surface area contributed by atoms with E-state index in [1.54, 1.807) is 12.1 Å². The summed E-state index contributed by atoms with van der Waals surface area (Å²) in [5, 5.41) is 10.8. The smallest absolute Gasteiger partial charge is 0.271 e. The Bertz CT molecular complexity index is 486. The molecule has 17 heavy (non-hydrogen) atoms. The van der Waals surface area contributed by atoms with Gasteiger partial charge in [-0.15, -0.1) is 0 Å². The van der Waals surface area contributed by atoms with Gasteiger partial charge in [0.15, 0.2) is 0 Å². The second kappa shape index (κ2) is 3.45. The summed E-state index contributed by atoms with van der Waals surface area (Å²) in [5.41, 5.74) is 2.78. The van der Waals surface area contributed by atoms with E-state index in [1.165, 1.54) is 18.4 Å². The number of non-ortho nitro benzene ring substituents is 1. The molecule has 0 aliphatic carbocycles. The third-order valence-corrected chi connectivity index (χ3v) is 4.25. The number of anilines is 1. The second-order valence-corrected chi connectivity index (χ2v) is 5.32. The summed E-state index contributed by atoms with van der Waals surface area (Å²) in [6, 6.07) is 5.29. The summed E-state index contributed by atoms with van der Waals surface area (Å²) in [4.78, 5) is 12.9. The van der Waals surface area contributed by atoms with Crippen molar-refractivity contribution >= 4 is 11.4 Å². The third-order valence-electron chi connectivity index (χ3n) is 4.25. The number of nitrogens with zero attached hydrogens (tertiary/aromatic N) is 2. The van der Waals surface area contributed by atoms with Crippen molar-refractivity contribution in [2.24, 2.45) is 0 Å². The Morgan fingerprint density at radius 1 is 1.41 bits per heavy atom. The molecule has 4 nitrogen and oxygen atoms in total. The number of hydrogen-bond donors (Lipinski definition) is 0. The van der Waals surface area contributed by atoms with Gasteiger partial charge in [0.05, 0.1) is 4.92 Å². The van der Waals surface area contributed by atoms with Gasteiger partial charge in [-0.25, -0.2) is 0 Å². The normalized spacial score (nSPS) is 26.5. The minimum Gasteiger partial charge on any atom is -0.366 e. The molecule has 1 aromatic carbocycles. The predicted molar refractivity (Wildman–Crippen MR) is 66.4 cm³/mol. The molecule has 1 saturated heterocycles. The second-order valence-electron chi connectivity index (χ2n) is 5.32. The summed E-state index contributed by atoms with van der Waals surface area (Å²) in [6.07, 6.45) is 4.60. The largest absolute Gasteiger partial charge is 0.366 e. The molecule has 0 N–H and O–H groups in total. The first-order chi connectivity index (χ1) is 8.10. The van der Waals surface area contributed by atoms with Crippen LogP contribution in [0.1, 0.15) is 31.7 Å². The highest BCUT2D eigenvalue weighted by atomic mass is 16.6. The number of benzene rings is 1. The van der Waals surface area contributed by atoms with E-state index in [4.69, 9.17) is 0 Å². The Morgan fingerprint density at radius 2 is 2.24 bits per heavy atom. The van der Waals surface area contributed by atoms with Gasteiger partial charge in [0, 0.05) is 29.9 Å². The van der Waals surface area contributed by atoms with Crippen molar-refractivity contribution in [1.82, 2.24) is 0 Å². The van der Waals surface area contributed by atoms with E-state index >= 15 is 0 Å². The fraction of sp³-hybridized carbons (Fsp3) is 0.538. The van der Waals surface area contributed by atoms with Crippen molar-refractivity contribution in [2.75, 3.05) is 11.4 Å². The third kappa shape index (κ3) is 1.51. The van der Waals surface area contributed by atoms with Crippen LogP contribution in [-0.4, -0.2) is 17.0 Å². The molecule has 90 valence electrons. The summed E-state index contributed by atoms with van der Waals surface area (Å²) < 4.78 is 0. The lowest BCUT2D eigenvalue weighted by Crippen LogP contribution is -2.44. The average molecular weight is 232 g/mol. The Labute approximate surface area is 100 Å². The van der Waals surface area contributed by atoms with Crippen LogP contribution in [0.5, 0.6) is 0 Å². The van der Waals surface area contributed by atoms with Crippen molar-refractivity contribution in [3.63, 3.8) is 0 Å². The number of aryl methyl sites for hydroxylation is 1. The molecular weight excluding hydrogens is 216 g/mol. The van der Waals surface area contributed by atoms with Gasteiger partial charge in [-0.05, 0) is 38.2 Å². The standard InChI is InChI=1S/C13H16N2O2/c1-13-6-2-8-14(13)12-9-11(15(16)17)4-3-10(12)5-7-13/h3-4,9H,2,5-8H2,1H3. The summed E-state index contributed by atoms with van der Waals surface area (Å²) in [7, 11) is 0. The molecule has 0 amide bonds. The molecule has 0 spiro atoms. The van der Waals surface area contributed by atoms with Crippen LogP contribution in [0.2, 0.25) is 0 Å². The van der Waals surface area contributed by atoms with E-state index in [-0.39, 0.29) is 16.1 Å². The van der Waals surface area contributed by atoms with Crippen LogP contribution in [0, 0.1) is 10.1 Å². The zero-order chi connectivity index (χ0) is 12.0. The molecule has 2 aliphatic rings. The quantitative estimate of drug-likeness (QED) is 0.552. The topological polar surface area (TPSA) is 46.4 Å². The Hall–Kier alpha value is -1.58. The van der Waals surface area contributed by atoms with Gasteiger partial charge >= 0.3 is 0 Å². The van der Waals surface area contributed by atoms with Gasteiger partial charge in [-0.1, -0.05) is 6.07 Å². The lowest BCUT2D eigenvalue weighted by Gasteiger charge is -2.42. The molecule has 1 aromatic rings. The van der Waals surface area contributed by atoms with Crippen LogP contribution in [-0.2, 0) is 6.42 Å². The highest BCUT2D eigenvalue weighted by Gasteiger charge is 2.40. The number of fused-ring (bicyclic) bond motifs is 3. The van der Waals surface area contributed by atoms with Crippen LogP contribution in [0.25, 0.3) is 0 Å². The van der Waals surface area contributed by atoms with Gasteiger partial charge in [0.25, 0.3) is 5.69 Å². The van der Waals surface area contributed by atoms with Crippen LogP contribution < -0.4 is 4.90 Å². The fourth-order valence-corrected chi connectivity index (χ4v) is 3.23. The van der Waals surface area contributed by atoms with Crippen LogP contribution in [0.15, 0.2) is 18.2 Å². The minimum atomic E-state index is -0.303. The molecule has 1 unspecified atom stereocenters. The van der Waals surface area contributed by atoms with E-state index in [2.05, 4.69) is 11.8 Å². The molecule has 1 fully saturated rings. The molecule has 0 saturated carbocycles. The van der Waals surface area contributed by atoms with Crippen molar-refractivity contribution in [1.29, 1.82) is 0 Å². The molecule has 3 rings (SSSR count). The maximum atomic E-state index is 10.8. The molecule has 0 bridgehead atoms. The molecule has 0 radical (unpaired) electrons. The molecular formula is C13H16N2O2. The van der Waals surface area contributed by atoms with Crippen molar-refractivity contribution in [2.45, 2.75) is 38.1 Å². The van der Waals surface area contributed by atoms with Crippen molar-refractivity contribution in [3.8, 4) is 0 Å². The van der Waals surface area contributed by atoms with Gasteiger partial charge in [-0.3, -0.25) is 10.1 Å². The van der Waals surface area contributed by atoms with Gasteiger partial charge in [0.2, 0.25) is 0 Å². The van der Waals surface area contributed by atoms with Crippen molar-refractivity contribution < 1.29 is 4.92 Å². The minimum absolute atomic E-state index is 0.208. The highest BCUT2D eigenvalue weighted by molar-refractivity contribution is 5.63. The molecule has 1 atom stereocenters. The zero-order valence-electron chi connectivity index (χ0n) is 9.98. The first-order valence-corrected chi connectivity index (χ1v) is 6.15. The van der Waals surface area contributed by atoms with E-state index in [0.29, 0.717) is 0 Å². The molecule has 2 aliphatic heterocycles. The first-order valence-electron chi connectivity index (χ1n) is 6.15. The Balaban J connectivity index is 2.09. The molecule has 2 heterocycles. The van der Waals surface area contributed by atoms with Crippen LogP contribution in [0.4, 0.5) is 11.4 Å². The Morgan fingerprint density at radius 3 is 3.00 bits per heavy atom. The van der Waals surface area contributed by atoms with Gasteiger partial charge < -0.3 is 4.90 Å². The Kier molecular flexibility index (Phi) is 2.15. The number of nitro benzene ring substituents is 1. The van der Waals surface area contributed by atoms with E-state index in [1.807, 2.05) is 6.07 Å². The summed E-state index contributed by atoms with van der Waals surface area (Å²) in [6.45, 7) is 3.31.